The fourth-order valence-electron chi connectivity index (χ4n) is 4.01. The number of aromatic nitrogens is 3. The van der Waals surface area contributed by atoms with Gasteiger partial charge in [0.25, 0.3) is 5.91 Å². The Kier molecular flexibility index (Phi) is 4.63. The number of carbonyl (C=O) groups excluding carboxylic acids is 2. The van der Waals surface area contributed by atoms with Gasteiger partial charge in [0, 0.05) is 37.7 Å². The number of rotatable bonds is 1. The van der Waals surface area contributed by atoms with Crippen molar-refractivity contribution < 1.29 is 18.8 Å². The van der Waals surface area contributed by atoms with Gasteiger partial charge in [-0.2, -0.15) is 5.10 Å². The lowest BCUT2D eigenvalue weighted by molar-refractivity contribution is 0.0136. The molecular formula is C20H27N5O4. The summed E-state index contributed by atoms with van der Waals surface area (Å²) in [6.07, 6.45) is 1.82. The zero-order valence-electron chi connectivity index (χ0n) is 17.5. The lowest BCUT2D eigenvalue weighted by atomic mass is 9.99. The van der Waals surface area contributed by atoms with Gasteiger partial charge in [-0.05, 0) is 27.7 Å². The Morgan fingerprint density at radius 1 is 1.31 bits per heavy atom. The minimum atomic E-state index is -0.576. The van der Waals surface area contributed by atoms with Crippen LogP contribution in [-0.4, -0.2) is 62.0 Å². The van der Waals surface area contributed by atoms with Crippen LogP contribution in [0.15, 0.2) is 16.8 Å². The molecule has 0 radical (unpaired) electrons. The van der Waals surface area contributed by atoms with Crippen molar-refractivity contribution in [3.8, 4) is 0 Å². The first kappa shape index (κ1) is 19.5. The Hall–Kier alpha value is -2.84. The van der Waals surface area contributed by atoms with Crippen molar-refractivity contribution in [2.45, 2.75) is 64.8 Å². The van der Waals surface area contributed by atoms with Gasteiger partial charge in [0.15, 0.2) is 0 Å². The number of likely N-dealkylation sites (N-methyl/N-ethyl adjacent to an activating group) is 1. The number of hydrogen-bond acceptors (Lipinski definition) is 6. The monoisotopic (exact) mass is 401 g/mol. The molecule has 0 aromatic carbocycles. The van der Waals surface area contributed by atoms with E-state index in [2.05, 4.69) is 5.16 Å². The first-order chi connectivity index (χ1) is 13.6. The molecule has 29 heavy (non-hydrogen) atoms. The highest BCUT2D eigenvalue weighted by molar-refractivity contribution is 5.94. The molecule has 4 heterocycles. The highest BCUT2D eigenvalue weighted by Crippen LogP contribution is 2.31. The topological polar surface area (TPSA) is 93.7 Å². The second-order valence-electron chi connectivity index (χ2n) is 8.91. The summed E-state index contributed by atoms with van der Waals surface area (Å²) in [5.74, 6) is 0.600. The predicted octanol–water partition coefficient (Wildman–Crippen LogP) is 2.42. The maximum Gasteiger partial charge on any atom is 0.410 e. The van der Waals surface area contributed by atoms with Crippen molar-refractivity contribution in [3.05, 3.63) is 35.0 Å². The number of carbonyl (C=O) groups is 2. The third-order valence-corrected chi connectivity index (χ3v) is 5.41. The molecule has 2 aromatic rings. The molecule has 9 heteroatoms. The summed E-state index contributed by atoms with van der Waals surface area (Å²) in [5, 5.41) is 8.54. The van der Waals surface area contributed by atoms with E-state index in [1.807, 2.05) is 33.8 Å². The van der Waals surface area contributed by atoms with Crippen LogP contribution >= 0.6 is 0 Å². The van der Waals surface area contributed by atoms with Crippen LogP contribution in [0, 0.1) is 0 Å². The van der Waals surface area contributed by atoms with Gasteiger partial charge in [-0.15, -0.1) is 0 Å². The highest BCUT2D eigenvalue weighted by atomic mass is 16.6. The van der Waals surface area contributed by atoms with Crippen molar-refractivity contribution in [3.63, 3.8) is 0 Å². The fraction of sp³-hybridized carbons (Fsp3) is 0.600. The van der Waals surface area contributed by atoms with E-state index in [-0.39, 0.29) is 24.0 Å². The van der Waals surface area contributed by atoms with Crippen LogP contribution in [0.4, 0.5) is 4.79 Å². The number of amides is 2. The number of fused-ring (bicyclic) bond motifs is 3. The van der Waals surface area contributed by atoms with Crippen molar-refractivity contribution in [2.24, 2.45) is 0 Å². The van der Waals surface area contributed by atoms with Gasteiger partial charge >= 0.3 is 6.09 Å². The molecule has 2 amide bonds. The molecule has 9 nitrogen and oxygen atoms in total. The second-order valence-corrected chi connectivity index (χ2v) is 8.91. The number of hydrogen-bond donors (Lipinski definition) is 0. The molecule has 2 atom stereocenters. The van der Waals surface area contributed by atoms with E-state index >= 15 is 0 Å². The number of ether oxygens (including phenoxy) is 1. The van der Waals surface area contributed by atoms with Crippen molar-refractivity contribution in [1.29, 1.82) is 0 Å². The van der Waals surface area contributed by atoms with Crippen LogP contribution in [0.25, 0.3) is 0 Å². The van der Waals surface area contributed by atoms with E-state index in [1.165, 1.54) is 0 Å². The average Bonchev–Trinajstić information content (AvgIpc) is 3.23. The van der Waals surface area contributed by atoms with Gasteiger partial charge in [0.05, 0.1) is 30.9 Å². The van der Waals surface area contributed by atoms with Crippen molar-refractivity contribution >= 4 is 12.0 Å². The summed E-state index contributed by atoms with van der Waals surface area (Å²) in [6.45, 7) is 8.86. The average molecular weight is 401 g/mol. The van der Waals surface area contributed by atoms with Crippen LogP contribution in [0.1, 0.15) is 61.1 Å². The van der Waals surface area contributed by atoms with Crippen LogP contribution in [0.5, 0.6) is 0 Å². The molecule has 2 aromatic heterocycles. The Labute approximate surface area is 169 Å². The largest absolute Gasteiger partial charge is 0.444 e. The minimum Gasteiger partial charge on any atom is -0.444 e. The Morgan fingerprint density at radius 3 is 2.72 bits per heavy atom. The Balaban J connectivity index is 1.68. The summed E-state index contributed by atoms with van der Waals surface area (Å²) < 4.78 is 12.7. The van der Waals surface area contributed by atoms with Gasteiger partial charge in [0.2, 0.25) is 0 Å². The normalized spacial score (nSPS) is 22.2. The predicted molar refractivity (Wildman–Crippen MR) is 103 cm³/mol. The van der Waals surface area contributed by atoms with E-state index in [4.69, 9.17) is 14.4 Å². The smallest absolute Gasteiger partial charge is 0.410 e. The molecule has 0 saturated carbocycles. The van der Waals surface area contributed by atoms with Crippen LogP contribution in [0.3, 0.4) is 0 Å². The molecule has 0 spiro atoms. The molecule has 4 rings (SSSR count). The summed E-state index contributed by atoms with van der Waals surface area (Å²) in [4.78, 5) is 29.2. The van der Waals surface area contributed by atoms with Gasteiger partial charge in [-0.25, -0.2) is 4.79 Å². The van der Waals surface area contributed by atoms with Crippen molar-refractivity contribution in [1.82, 2.24) is 24.7 Å². The van der Waals surface area contributed by atoms with Crippen molar-refractivity contribution in [2.75, 3.05) is 13.6 Å². The molecular weight excluding hydrogens is 374 g/mol. The van der Waals surface area contributed by atoms with E-state index in [0.29, 0.717) is 31.7 Å². The van der Waals surface area contributed by atoms with E-state index < -0.39 is 5.60 Å². The van der Waals surface area contributed by atoms with Gasteiger partial charge in [0.1, 0.15) is 17.1 Å². The minimum absolute atomic E-state index is 0.0339. The quantitative estimate of drug-likeness (QED) is 0.728. The molecule has 2 aliphatic heterocycles. The Morgan fingerprint density at radius 2 is 2.07 bits per heavy atom. The van der Waals surface area contributed by atoms with Crippen LogP contribution in [-0.2, 0) is 24.2 Å². The third kappa shape index (κ3) is 3.61. The zero-order valence-corrected chi connectivity index (χ0v) is 17.5. The SMILES string of the molecule is C[C@@H]1Cc2nn3c(c2CN1C(=O)OC(C)(C)C)C(=O)N(C)CC(c1ccno1)C3. The first-order valence-corrected chi connectivity index (χ1v) is 9.88. The summed E-state index contributed by atoms with van der Waals surface area (Å²) in [5.41, 5.74) is 1.65. The fourth-order valence-corrected chi connectivity index (χ4v) is 4.01. The first-order valence-electron chi connectivity index (χ1n) is 9.88. The highest BCUT2D eigenvalue weighted by Gasteiger charge is 2.38. The lowest BCUT2D eigenvalue weighted by Gasteiger charge is -2.34. The van der Waals surface area contributed by atoms with Crippen LogP contribution < -0.4 is 0 Å². The molecule has 0 fully saturated rings. The van der Waals surface area contributed by atoms with Gasteiger partial charge in [-0.1, -0.05) is 5.16 Å². The second kappa shape index (κ2) is 6.89. The molecule has 156 valence electrons. The van der Waals surface area contributed by atoms with E-state index in [1.54, 1.807) is 27.7 Å². The van der Waals surface area contributed by atoms with Gasteiger partial charge in [-0.3, -0.25) is 9.48 Å². The number of nitrogens with zero attached hydrogens (tertiary/aromatic N) is 5. The maximum atomic E-state index is 13.2. The lowest BCUT2D eigenvalue weighted by Crippen LogP contribution is -2.45. The zero-order chi connectivity index (χ0) is 20.9. The molecule has 2 aliphatic rings. The third-order valence-electron chi connectivity index (χ3n) is 5.41. The summed E-state index contributed by atoms with van der Waals surface area (Å²) in [7, 11) is 1.78. The van der Waals surface area contributed by atoms with Crippen LogP contribution in [0.2, 0.25) is 0 Å². The standard InChI is InChI=1S/C20H27N5O4/c1-12-8-15-14(11-24(12)19(27)28-20(2,3)4)17-18(26)23(5)9-13(10-25(17)22-15)16-6-7-21-29-16/h6-7,12-13H,8-11H2,1-5H3/t12-,13?/m1/s1. The maximum absolute atomic E-state index is 13.2. The molecule has 0 aliphatic carbocycles. The molecule has 0 saturated heterocycles. The molecule has 0 bridgehead atoms. The van der Waals surface area contributed by atoms with E-state index in [9.17, 15) is 9.59 Å². The molecule has 1 unspecified atom stereocenters. The summed E-state index contributed by atoms with van der Waals surface area (Å²) >= 11 is 0. The summed E-state index contributed by atoms with van der Waals surface area (Å²) in [6, 6.07) is 1.76. The van der Waals surface area contributed by atoms with Gasteiger partial charge < -0.3 is 19.1 Å². The Bertz CT molecular complexity index is 928. The molecule has 0 N–H and O–H groups in total. The van der Waals surface area contributed by atoms with E-state index in [0.717, 1.165) is 17.0 Å².